The zero-order valence-corrected chi connectivity index (χ0v) is 20.3. The molecule has 0 fully saturated rings. The van der Waals surface area contributed by atoms with Crippen molar-refractivity contribution < 1.29 is 23.5 Å². The number of aromatic nitrogens is 5. The number of carboxylic acids is 1. The highest BCUT2D eigenvalue weighted by atomic mass is 19.1. The number of nitrogens with one attached hydrogen (secondary N) is 1. The van der Waals surface area contributed by atoms with Gasteiger partial charge in [-0.15, -0.1) is 0 Å². The maximum atomic E-state index is 14.9. The molecule has 1 aliphatic rings. The van der Waals surface area contributed by atoms with Crippen LogP contribution in [0.5, 0.6) is 0 Å². The topological polar surface area (TPSA) is 126 Å². The molecule has 1 aliphatic heterocycles. The second-order valence-electron chi connectivity index (χ2n) is 9.05. The summed E-state index contributed by atoms with van der Waals surface area (Å²) in [5, 5.41) is 11.9. The van der Waals surface area contributed by atoms with Crippen LogP contribution in [-0.4, -0.2) is 52.9 Å². The van der Waals surface area contributed by atoms with Gasteiger partial charge in [-0.3, -0.25) is 4.79 Å². The van der Waals surface area contributed by atoms with Crippen molar-refractivity contribution in [2.75, 3.05) is 11.9 Å². The lowest BCUT2D eigenvalue weighted by molar-refractivity contribution is -0.156. The van der Waals surface area contributed by atoms with Crippen LogP contribution in [0.2, 0.25) is 0 Å². The number of pyridine rings is 1. The lowest BCUT2D eigenvalue weighted by atomic mass is 10.1. The number of carbonyl (C=O) groups is 2. The highest BCUT2D eigenvalue weighted by Gasteiger charge is 2.26. The number of amides is 1. The predicted molar refractivity (Wildman–Crippen MR) is 130 cm³/mol. The van der Waals surface area contributed by atoms with Gasteiger partial charge in [0.1, 0.15) is 22.9 Å². The first kappa shape index (κ1) is 24.2. The van der Waals surface area contributed by atoms with Crippen LogP contribution in [0, 0.1) is 18.6 Å². The molecule has 12 heteroatoms. The van der Waals surface area contributed by atoms with Crippen LogP contribution in [0.1, 0.15) is 37.0 Å². The summed E-state index contributed by atoms with van der Waals surface area (Å²) in [6.07, 6.45) is 1.38. The Morgan fingerprint density at radius 1 is 1.11 bits per heavy atom. The molecule has 1 amide bonds. The van der Waals surface area contributed by atoms with Crippen LogP contribution < -0.4 is 5.32 Å². The standard InChI is InChI=1S/C25H23F2N7O3/c1-12(2)34-13(3)29-22-16(26)8-15(9-19(22)34)21-17(27)10-28-25(32-21)31-20-5-4-14-11-33(23(35)24(36)37)7-6-18(14)30-20/h4-5,8-10,12H,6-7,11H2,1-3H3,(H,36,37)(H,28,30,31,32). The molecular weight excluding hydrogens is 484 g/mol. The molecule has 190 valence electrons. The fraction of sp³-hybridized carbons (Fsp3) is 0.280. The number of rotatable bonds is 4. The second kappa shape index (κ2) is 9.19. The quantitative estimate of drug-likeness (QED) is 0.400. The van der Waals surface area contributed by atoms with Crippen molar-refractivity contribution in [2.24, 2.45) is 0 Å². The van der Waals surface area contributed by atoms with Crippen molar-refractivity contribution in [1.82, 2.24) is 29.4 Å². The second-order valence-corrected chi connectivity index (χ2v) is 9.05. The van der Waals surface area contributed by atoms with Crippen molar-refractivity contribution >= 4 is 34.7 Å². The minimum absolute atomic E-state index is 0.0246. The highest BCUT2D eigenvalue weighted by molar-refractivity contribution is 6.31. The zero-order chi connectivity index (χ0) is 26.4. The van der Waals surface area contributed by atoms with Crippen molar-refractivity contribution in [3.63, 3.8) is 0 Å². The summed E-state index contributed by atoms with van der Waals surface area (Å²) >= 11 is 0. The normalized spacial score (nSPS) is 13.2. The Labute approximate surface area is 210 Å². The van der Waals surface area contributed by atoms with Gasteiger partial charge in [-0.1, -0.05) is 6.07 Å². The molecule has 0 saturated heterocycles. The van der Waals surface area contributed by atoms with Gasteiger partial charge in [0.15, 0.2) is 11.6 Å². The lowest BCUT2D eigenvalue weighted by Crippen LogP contribution is -2.40. The van der Waals surface area contributed by atoms with Crippen LogP contribution in [0.3, 0.4) is 0 Å². The molecule has 3 aromatic heterocycles. The minimum atomic E-state index is -1.50. The van der Waals surface area contributed by atoms with Crippen molar-refractivity contribution in [2.45, 2.75) is 39.8 Å². The third-order valence-corrected chi connectivity index (χ3v) is 6.22. The Kier molecular flexibility index (Phi) is 6.02. The summed E-state index contributed by atoms with van der Waals surface area (Å²) in [6.45, 7) is 6.08. The number of benzene rings is 1. The molecule has 4 heterocycles. The molecule has 4 aromatic rings. The number of hydrogen-bond acceptors (Lipinski definition) is 7. The van der Waals surface area contributed by atoms with E-state index in [-0.39, 0.29) is 41.9 Å². The SMILES string of the molecule is Cc1nc2c(F)cc(-c3nc(Nc4ccc5c(n4)CCN(C(=O)C(=O)O)C5)ncc3F)cc2n1C(C)C. The summed E-state index contributed by atoms with van der Waals surface area (Å²) in [4.78, 5) is 41.1. The number of hydrogen-bond donors (Lipinski definition) is 2. The Morgan fingerprint density at radius 2 is 1.89 bits per heavy atom. The zero-order valence-electron chi connectivity index (χ0n) is 20.3. The first-order chi connectivity index (χ1) is 17.6. The highest BCUT2D eigenvalue weighted by Crippen LogP contribution is 2.30. The number of anilines is 2. The molecule has 0 radical (unpaired) electrons. The van der Waals surface area contributed by atoms with Gasteiger partial charge in [-0.2, -0.15) is 0 Å². The molecule has 5 rings (SSSR count). The first-order valence-electron chi connectivity index (χ1n) is 11.6. The largest absolute Gasteiger partial charge is 0.474 e. The maximum Gasteiger partial charge on any atom is 0.394 e. The van der Waals surface area contributed by atoms with Gasteiger partial charge in [0, 0.05) is 36.8 Å². The lowest BCUT2D eigenvalue weighted by Gasteiger charge is -2.27. The van der Waals surface area contributed by atoms with Gasteiger partial charge in [-0.05, 0) is 44.5 Å². The first-order valence-corrected chi connectivity index (χ1v) is 11.6. The van der Waals surface area contributed by atoms with E-state index in [2.05, 4.69) is 25.3 Å². The van der Waals surface area contributed by atoms with E-state index >= 15 is 0 Å². The molecule has 0 spiro atoms. The van der Waals surface area contributed by atoms with Crippen LogP contribution in [0.15, 0.2) is 30.5 Å². The Hall–Kier alpha value is -4.48. The van der Waals surface area contributed by atoms with E-state index in [1.165, 1.54) is 11.0 Å². The van der Waals surface area contributed by atoms with Gasteiger partial charge in [0.2, 0.25) is 5.95 Å². The van der Waals surface area contributed by atoms with Crippen molar-refractivity contribution in [3.05, 3.63) is 59.2 Å². The number of fused-ring (bicyclic) bond motifs is 2. The van der Waals surface area contributed by atoms with Crippen LogP contribution in [0.25, 0.3) is 22.3 Å². The summed E-state index contributed by atoms with van der Waals surface area (Å²) < 4.78 is 31.6. The molecule has 37 heavy (non-hydrogen) atoms. The van der Waals surface area contributed by atoms with Crippen LogP contribution in [0.4, 0.5) is 20.5 Å². The number of imidazole rings is 1. The van der Waals surface area contributed by atoms with E-state index in [1.807, 2.05) is 18.4 Å². The Morgan fingerprint density at radius 3 is 2.62 bits per heavy atom. The molecule has 0 bridgehead atoms. The molecule has 0 saturated carbocycles. The molecular formula is C25H23F2N7O3. The Balaban J connectivity index is 1.44. The van der Waals surface area contributed by atoms with E-state index in [0.29, 0.717) is 29.3 Å². The molecule has 0 aliphatic carbocycles. The fourth-order valence-electron chi connectivity index (χ4n) is 4.60. The van der Waals surface area contributed by atoms with E-state index in [4.69, 9.17) is 5.11 Å². The molecule has 1 aromatic carbocycles. The molecule has 0 unspecified atom stereocenters. The smallest absolute Gasteiger partial charge is 0.394 e. The van der Waals surface area contributed by atoms with Gasteiger partial charge in [0.05, 0.1) is 11.7 Å². The average molecular weight is 508 g/mol. The predicted octanol–water partition coefficient (Wildman–Crippen LogP) is 3.77. The molecule has 2 N–H and O–H groups in total. The molecule has 10 nitrogen and oxygen atoms in total. The van der Waals surface area contributed by atoms with Gasteiger partial charge in [0.25, 0.3) is 0 Å². The third kappa shape index (κ3) is 4.46. The van der Waals surface area contributed by atoms with E-state index in [1.54, 1.807) is 25.1 Å². The molecule has 0 atom stereocenters. The number of nitrogens with zero attached hydrogens (tertiary/aromatic N) is 6. The van der Waals surface area contributed by atoms with Crippen molar-refractivity contribution in [1.29, 1.82) is 0 Å². The summed E-state index contributed by atoms with van der Waals surface area (Å²) in [5.74, 6) is -2.63. The maximum absolute atomic E-state index is 14.9. The number of aliphatic carboxylic acids is 1. The summed E-state index contributed by atoms with van der Waals surface area (Å²) in [5.41, 5.74) is 2.36. The summed E-state index contributed by atoms with van der Waals surface area (Å²) in [7, 11) is 0. The van der Waals surface area contributed by atoms with Crippen molar-refractivity contribution in [3.8, 4) is 11.3 Å². The monoisotopic (exact) mass is 507 g/mol. The number of carbonyl (C=O) groups excluding carboxylic acids is 1. The minimum Gasteiger partial charge on any atom is -0.474 e. The van der Waals surface area contributed by atoms with Gasteiger partial charge in [-0.25, -0.2) is 33.5 Å². The number of aryl methyl sites for hydroxylation is 1. The van der Waals surface area contributed by atoms with Crippen LogP contribution >= 0.6 is 0 Å². The van der Waals surface area contributed by atoms with E-state index < -0.39 is 23.5 Å². The average Bonchev–Trinajstić information content (AvgIpc) is 3.21. The third-order valence-electron chi connectivity index (χ3n) is 6.22. The Bertz CT molecular complexity index is 1570. The van der Waals surface area contributed by atoms with E-state index in [9.17, 15) is 18.4 Å². The van der Waals surface area contributed by atoms with Gasteiger partial charge >= 0.3 is 11.9 Å². The van der Waals surface area contributed by atoms with E-state index in [0.717, 1.165) is 11.8 Å². The number of halogens is 2. The van der Waals surface area contributed by atoms with Crippen LogP contribution in [-0.2, 0) is 22.6 Å². The van der Waals surface area contributed by atoms with Gasteiger partial charge < -0.3 is 19.9 Å². The fourth-order valence-corrected chi connectivity index (χ4v) is 4.60. The summed E-state index contributed by atoms with van der Waals surface area (Å²) in [6, 6.07) is 6.26. The number of carboxylic acid groups (broad SMARTS) is 1.